The van der Waals surface area contributed by atoms with Crippen LogP contribution in [-0.4, -0.2) is 9.97 Å². The molecule has 1 N–H and O–H groups in total. The maximum atomic E-state index is 6.22. The first-order chi connectivity index (χ1) is 9.79. The van der Waals surface area contributed by atoms with E-state index in [2.05, 4.69) is 42.1 Å². The van der Waals surface area contributed by atoms with E-state index in [1.807, 2.05) is 20.8 Å². The fourth-order valence-electron chi connectivity index (χ4n) is 2.27. The molecule has 21 heavy (non-hydrogen) atoms. The van der Waals surface area contributed by atoms with E-state index in [1.54, 1.807) is 0 Å². The minimum absolute atomic E-state index is 0.0899. The van der Waals surface area contributed by atoms with Gasteiger partial charge in [0.05, 0.1) is 6.04 Å². The highest BCUT2D eigenvalue weighted by atomic mass is 35.5. The predicted molar refractivity (Wildman–Crippen MR) is 86.1 cm³/mol. The van der Waals surface area contributed by atoms with Gasteiger partial charge in [0.2, 0.25) is 0 Å². The Morgan fingerprint density at radius 2 is 1.81 bits per heavy atom. The van der Waals surface area contributed by atoms with Crippen molar-refractivity contribution < 1.29 is 4.42 Å². The minimum Gasteiger partial charge on any atom is -0.466 e. The molecule has 0 aromatic carbocycles. The highest BCUT2D eigenvalue weighted by Crippen LogP contribution is 2.28. The van der Waals surface area contributed by atoms with E-state index in [4.69, 9.17) is 16.0 Å². The SMILES string of the molecule is Cc1cc(C(C)Nc2nc(C(C)C)nc(Cl)c2C)c(C)o1. The van der Waals surface area contributed by atoms with Gasteiger partial charge in [0.15, 0.2) is 0 Å². The summed E-state index contributed by atoms with van der Waals surface area (Å²) in [6.45, 7) is 12.0. The van der Waals surface area contributed by atoms with Crippen molar-refractivity contribution in [1.29, 1.82) is 0 Å². The number of hydrogen-bond donors (Lipinski definition) is 1. The van der Waals surface area contributed by atoms with Gasteiger partial charge in [-0.2, -0.15) is 0 Å². The standard InChI is InChI=1S/C16H22ClN3O/c1-8(2)15-19-14(17)10(4)16(20-15)18-11(5)13-7-9(3)21-12(13)6/h7-8,11H,1-6H3,(H,18,19,20). The maximum absolute atomic E-state index is 6.22. The molecule has 0 bridgehead atoms. The van der Waals surface area contributed by atoms with E-state index in [-0.39, 0.29) is 12.0 Å². The molecular weight excluding hydrogens is 286 g/mol. The summed E-state index contributed by atoms with van der Waals surface area (Å²) in [5.41, 5.74) is 2.00. The summed E-state index contributed by atoms with van der Waals surface area (Å²) in [4.78, 5) is 8.93. The number of aromatic nitrogens is 2. The first kappa shape index (κ1) is 15.8. The molecule has 0 aliphatic rings. The Morgan fingerprint density at radius 1 is 1.14 bits per heavy atom. The number of aryl methyl sites for hydroxylation is 2. The van der Waals surface area contributed by atoms with Crippen LogP contribution < -0.4 is 5.32 Å². The normalized spacial score (nSPS) is 12.8. The first-order valence-electron chi connectivity index (χ1n) is 7.17. The molecule has 1 unspecified atom stereocenters. The molecule has 0 radical (unpaired) electrons. The van der Waals surface area contributed by atoms with Gasteiger partial charge in [0.25, 0.3) is 0 Å². The zero-order valence-electron chi connectivity index (χ0n) is 13.4. The highest BCUT2D eigenvalue weighted by Gasteiger charge is 2.17. The van der Waals surface area contributed by atoms with Crippen molar-refractivity contribution in [3.05, 3.63) is 39.7 Å². The largest absolute Gasteiger partial charge is 0.466 e. The van der Waals surface area contributed by atoms with Gasteiger partial charge in [-0.3, -0.25) is 0 Å². The number of halogens is 1. The molecule has 0 fully saturated rings. The van der Waals surface area contributed by atoms with Crippen LogP contribution in [0.1, 0.15) is 61.2 Å². The van der Waals surface area contributed by atoms with Crippen LogP contribution in [0.2, 0.25) is 5.15 Å². The summed E-state index contributed by atoms with van der Waals surface area (Å²) in [7, 11) is 0. The lowest BCUT2D eigenvalue weighted by Crippen LogP contribution is -2.12. The molecule has 5 heteroatoms. The predicted octanol–water partition coefficient (Wildman–Crippen LogP) is 4.94. The first-order valence-corrected chi connectivity index (χ1v) is 7.55. The molecule has 0 saturated heterocycles. The molecule has 0 aliphatic heterocycles. The Morgan fingerprint density at radius 3 is 2.33 bits per heavy atom. The third kappa shape index (κ3) is 3.38. The van der Waals surface area contributed by atoms with E-state index >= 15 is 0 Å². The topological polar surface area (TPSA) is 51.0 Å². The Bertz CT molecular complexity index is 649. The minimum atomic E-state index is 0.0899. The summed E-state index contributed by atoms with van der Waals surface area (Å²) in [6.07, 6.45) is 0. The van der Waals surface area contributed by atoms with Gasteiger partial charge in [-0.1, -0.05) is 25.4 Å². The number of hydrogen-bond acceptors (Lipinski definition) is 4. The van der Waals surface area contributed by atoms with Gasteiger partial charge < -0.3 is 9.73 Å². The second kappa shape index (κ2) is 6.06. The Hall–Kier alpha value is -1.55. The molecule has 2 aromatic heterocycles. The Kier molecular flexibility index (Phi) is 4.57. The van der Waals surface area contributed by atoms with Crippen LogP contribution in [-0.2, 0) is 0 Å². The number of nitrogens with one attached hydrogen (secondary N) is 1. The van der Waals surface area contributed by atoms with Crippen molar-refractivity contribution >= 4 is 17.4 Å². The van der Waals surface area contributed by atoms with Crippen LogP contribution in [0.15, 0.2) is 10.5 Å². The average Bonchev–Trinajstić information content (AvgIpc) is 2.73. The molecule has 0 saturated carbocycles. The van der Waals surface area contributed by atoms with E-state index < -0.39 is 0 Å². The van der Waals surface area contributed by atoms with E-state index in [0.717, 1.165) is 34.3 Å². The lowest BCUT2D eigenvalue weighted by Gasteiger charge is -2.17. The van der Waals surface area contributed by atoms with Crippen molar-refractivity contribution in [3.63, 3.8) is 0 Å². The molecule has 2 heterocycles. The molecule has 2 rings (SSSR count). The molecule has 0 aliphatic carbocycles. The summed E-state index contributed by atoms with van der Waals surface area (Å²) in [5, 5.41) is 3.92. The highest BCUT2D eigenvalue weighted by molar-refractivity contribution is 6.30. The number of furan rings is 1. The number of rotatable bonds is 4. The average molecular weight is 308 g/mol. The molecule has 2 aromatic rings. The summed E-state index contributed by atoms with van der Waals surface area (Å²) < 4.78 is 5.59. The van der Waals surface area contributed by atoms with Crippen molar-refractivity contribution in [3.8, 4) is 0 Å². The Labute approximate surface area is 130 Å². The molecule has 114 valence electrons. The van der Waals surface area contributed by atoms with Crippen molar-refractivity contribution in [2.75, 3.05) is 5.32 Å². The van der Waals surface area contributed by atoms with Gasteiger partial charge >= 0.3 is 0 Å². The third-order valence-corrected chi connectivity index (χ3v) is 3.89. The Balaban J connectivity index is 2.32. The van der Waals surface area contributed by atoms with Crippen LogP contribution in [0.5, 0.6) is 0 Å². The molecule has 1 atom stereocenters. The van der Waals surface area contributed by atoms with E-state index in [9.17, 15) is 0 Å². The van der Waals surface area contributed by atoms with Crippen LogP contribution >= 0.6 is 11.6 Å². The summed E-state index contributed by atoms with van der Waals surface area (Å²) >= 11 is 6.22. The summed E-state index contributed by atoms with van der Waals surface area (Å²) in [5.74, 6) is 3.60. The number of anilines is 1. The second-order valence-corrected chi connectivity index (χ2v) is 6.09. The molecular formula is C16H22ClN3O. The van der Waals surface area contributed by atoms with Crippen LogP contribution in [0, 0.1) is 20.8 Å². The quantitative estimate of drug-likeness (QED) is 0.812. The van der Waals surface area contributed by atoms with Crippen molar-refractivity contribution in [2.24, 2.45) is 0 Å². The van der Waals surface area contributed by atoms with Gasteiger partial charge in [-0.15, -0.1) is 0 Å². The van der Waals surface area contributed by atoms with Crippen LogP contribution in [0.25, 0.3) is 0 Å². The lowest BCUT2D eigenvalue weighted by molar-refractivity contribution is 0.499. The zero-order chi connectivity index (χ0) is 15.7. The number of nitrogens with zero attached hydrogens (tertiary/aromatic N) is 2. The van der Waals surface area contributed by atoms with Crippen LogP contribution in [0.3, 0.4) is 0 Å². The fourth-order valence-corrected chi connectivity index (χ4v) is 2.44. The van der Waals surface area contributed by atoms with E-state index in [1.165, 1.54) is 0 Å². The van der Waals surface area contributed by atoms with Crippen molar-refractivity contribution in [1.82, 2.24) is 9.97 Å². The fraction of sp³-hybridized carbons (Fsp3) is 0.500. The van der Waals surface area contributed by atoms with Gasteiger partial charge in [0, 0.05) is 17.0 Å². The van der Waals surface area contributed by atoms with Crippen LogP contribution in [0.4, 0.5) is 5.82 Å². The second-order valence-electron chi connectivity index (χ2n) is 5.74. The lowest BCUT2D eigenvalue weighted by atomic mass is 10.1. The smallest absolute Gasteiger partial charge is 0.137 e. The monoisotopic (exact) mass is 307 g/mol. The summed E-state index contributed by atoms with van der Waals surface area (Å²) in [6, 6.07) is 2.14. The molecule has 4 nitrogen and oxygen atoms in total. The van der Waals surface area contributed by atoms with Gasteiger partial charge in [-0.05, 0) is 33.8 Å². The van der Waals surface area contributed by atoms with Gasteiger partial charge in [0.1, 0.15) is 28.3 Å². The van der Waals surface area contributed by atoms with Crippen molar-refractivity contribution in [2.45, 2.75) is 53.5 Å². The third-order valence-electron chi connectivity index (χ3n) is 3.52. The zero-order valence-corrected chi connectivity index (χ0v) is 14.2. The molecule has 0 amide bonds. The van der Waals surface area contributed by atoms with E-state index in [0.29, 0.717) is 5.15 Å². The maximum Gasteiger partial charge on any atom is 0.137 e. The molecule has 0 spiro atoms. The van der Waals surface area contributed by atoms with Gasteiger partial charge in [-0.25, -0.2) is 9.97 Å².